The fraction of sp³-hybridized carbons (Fsp3) is 0.545. The average molecular weight is 411 g/mol. The summed E-state index contributed by atoms with van der Waals surface area (Å²) in [6.07, 6.45) is 4.09. The first-order chi connectivity index (χ1) is 14.5. The van der Waals surface area contributed by atoms with Crippen LogP contribution >= 0.6 is 0 Å². The zero-order chi connectivity index (χ0) is 20.7. The van der Waals surface area contributed by atoms with Crippen LogP contribution < -0.4 is 0 Å². The number of likely N-dealkylation sites (tertiary alicyclic amines) is 1. The van der Waals surface area contributed by atoms with Crippen LogP contribution in [0.1, 0.15) is 56.6 Å². The van der Waals surface area contributed by atoms with Crippen molar-refractivity contribution in [1.29, 1.82) is 0 Å². The summed E-state index contributed by atoms with van der Waals surface area (Å²) in [6, 6.07) is 6.26. The smallest absolute Gasteiger partial charge is 0.247 e. The zero-order valence-corrected chi connectivity index (χ0v) is 17.3. The molecule has 1 aromatic carbocycles. The molecule has 0 bridgehead atoms. The van der Waals surface area contributed by atoms with Crippen LogP contribution in [0.5, 0.6) is 0 Å². The Morgan fingerprint density at radius 3 is 2.83 bits per heavy atom. The number of piperidine rings is 1. The van der Waals surface area contributed by atoms with E-state index in [1.807, 2.05) is 0 Å². The maximum atomic E-state index is 13.5. The predicted octanol–water partition coefficient (Wildman–Crippen LogP) is 4.23. The number of rotatable bonds is 6. The van der Waals surface area contributed by atoms with Crippen LogP contribution in [-0.4, -0.2) is 38.3 Å². The fourth-order valence-corrected chi connectivity index (χ4v) is 4.51. The second kappa shape index (κ2) is 7.58. The molecular weight excluding hydrogens is 385 g/mol. The van der Waals surface area contributed by atoms with Gasteiger partial charge in [-0.25, -0.2) is 4.39 Å². The first kappa shape index (κ1) is 19.4. The monoisotopic (exact) mass is 411 g/mol. The molecule has 158 valence electrons. The molecule has 3 aromatic rings. The molecule has 1 unspecified atom stereocenters. The molecule has 7 nitrogen and oxygen atoms in total. The zero-order valence-electron chi connectivity index (χ0n) is 17.3. The van der Waals surface area contributed by atoms with Gasteiger partial charge < -0.3 is 8.94 Å². The Labute approximate surface area is 174 Å². The lowest BCUT2D eigenvalue weighted by Crippen LogP contribution is -2.34. The minimum atomic E-state index is -0.305. The third-order valence-corrected chi connectivity index (χ3v) is 6.31. The van der Waals surface area contributed by atoms with Crippen LogP contribution in [0.15, 0.2) is 33.2 Å². The van der Waals surface area contributed by atoms with Crippen molar-refractivity contribution in [2.75, 3.05) is 13.1 Å². The van der Waals surface area contributed by atoms with Gasteiger partial charge in [-0.1, -0.05) is 25.1 Å². The third-order valence-electron chi connectivity index (χ3n) is 6.31. The summed E-state index contributed by atoms with van der Waals surface area (Å²) in [4.78, 5) is 6.89. The number of aromatic nitrogens is 4. The van der Waals surface area contributed by atoms with Gasteiger partial charge in [-0.05, 0) is 61.9 Å². The minimum absolute atomic E-state index is 0.250. The molecule has 1 aliphatic heterocycles. The molecule has 1 saturated heterocycles. The van der Waals surface area contributed by atoms with Crippen LogP contribution in [0.2, 0.25) is 0 Å². The highest BCUT2D eigenvalue weighted by molar-refractivity contribution is 5.52. The average Bonchev–Trinajstić information content (AvgIpc) is 3.07. The van der Waals surface area contributed by atoms with Gasteiger partial charge in [0.15, 0.2) is 5.82 Å². The molecule has 0 N–H and O–H groups in total. The van der Waals surface area contributed by atoms with Gasteiger partial charge in [0.1, 0.15) is 5.82 Å². The van der Waals surface area contributed by atoms with Gasteiger partial charge in [0.05, 0.1) is 6.54 Å². The van der Waals surface area contributed by atoms with E-state index in [-0.39, 0.29) is 11.2 Å². The topological polar surface area (TPSA) is 81.1 Å². The molecule has 8 heteroatoms. The van der Waals surface area contributed by atoms with Crippen LogP contribution in [0.25, 0.3) is 11.5 Å². The Balaban J connectivity index is 1.17. The molecule has 30 heavy (non-hydrogen) atoms. The Hall–Kier alpha value is -2.61. The van der Waals surface area contributed by atoms with Crippen molar-refractivity contribution in [1.82, 2.24) is 25.2 Å². The van der Waals surface area contributed by atoms with Gasteiger partial charge in [-0.2, -0.15) is 4.98 Å². The molecule has 1 aliphatic carbocycles. The molecule has 2 aromatic heterocycles. The molecule has 1 saturated carbocycles. The lowest BCUT2D eigenvalue weighted by Gasteiger charge is -2.31. The second-order valence-electron chi connectivity index (χ2n) is 9.05. The second-order valence-corrected chi connectivity index (χ2v) is 9.05. The molecule has 0 amide bonds. The number of hydrogen-bond acceptors (Lipinski definition) is 7. The highest BCUT2D eigenvalue weighted by Crippen LogP contribution is 2.64. The van der Waals surface area contributed by atoms with Crippen molar-refractivity contribution < 1.29 is 13.3 Å². The van der Waals surface area contributed by atoms with Crippen molar-refractivity contribution in [3.8, 4) is 11.5 Å². The molecule has 1 spiro atoms. The van der Waals surface area contributed by atoms with Gasteiger partial charge in [0.2, 0.25) is 17.7 Å². The highest BCUT2D eigenvalue weighted by Gasteiger charge is 2.58. The van der Waals surface area contributed by atoms with E-state index in [2.05, 4.69) is 39.1 Å². The van der Waals surface area contributed by atoms with E-state index in [9.17, 15) is 4.39 Å². The molecular formula is C22H26FN5O2. The van der Waals surface area contributed by atoms with Gasteiger partial charge >= 0.3 is 0 Å². The van der Waals surface area contributed by atoms with E-state index >= 15 is 0 Å². The summed E-state index contributed by atoms with van der Waals surface area (Å²) < 4.78 is 24.8. The molecule has 5 rings (SSSR count). The van der Waals surface area contributed by atoms with E-state index in [4.69, 9.17) is 8.94 Å². The standard InChI is InChI=1S/C22H26FN5O2/c1-14(2)10-18-24-19(30-27-18)13-28-8-6-22(7-9-28)12-17(22)21-26-25-20(29-21)15-4-3-5-16(23)11-15/h3-5,11,14,17H,6-10,12-13H2,1-2H3. The van der Waals surface area contributed by atoms with Crippen LogP contribution in [0.4, 0.5) is 4.39 Å². The Morgan fingerprint density at radius 1 is 1.23 bits per heavy atom. The van der Waals surface area contributed by atoms with Gasteiger partial charge in [-0.15, -0.1) is 10.2 Å². The Morgan fingerprint density at radius 2 is 2.07 bits per heavy atom. The maximum Gasteiger partial charge on any atom is 0.247 e. The largest absolute Gasteiger partial charge is 0.420 e. The molecule has 2 fully saturated rings. The lowest BCUT2D eigenvalue weighted by molar-refractivity contribution is 0.144. The molecule has 0 radical (unpaired) electrons. The van der Waals surface area contributed by atoms with Crippen molar-refractivity contribution in [2.45, 2.75) is 52.0 Å². The first-order valence-corrected chi connectivity index (χ1v) is 10.6. The van der Waals surface area contributed by atoms with E-state index in [0.717, 1.165) is 44.6 Å². The number of nitrogens with zero attached hydrogens (tertiary/aromatic N) is 5. The molecule has 2 aliphatic rings. The quantitative estimate of drug-likeness (QED) is 0.600. The van der Waals surface area contributed by atoms with Crippen molar-refractivity contribution >= 4 is 0 Å². The van der Waals surface area contributed by atoms with Gasteiger partial charge in [-0.3, -0.25) is 4.90 Å². The Kier molecular flexibility index (Phi) is 4.89. The number of benzene rings is 1. The van der Waals surface area contributed by atoms with E-state index in [1.54, 1.807) is 12.1 Å². The van der Waals surface area contributed by atoms with E-state index in [0.29, 0.717) is 41.6 Å². The SMILES string of the molecule is CC(C)Cc1noc(CN2CCC3(CC2)CC3c2nnc(-c3cccc(F)c3)o2)n1. The highest BCUT2D eigenvalue weighted by atomic mass is 19.1. The lowest BCUT2D eigenvalue weighted by atomic mass is 9.91. The van der Waals surface area contributed by atoms with Gasteiger partial charge in [0, 0.05) is 17.9 Å². The molecule has 3 heterocycles. The van der Waals surface area contributed by atoms with Crippen molar-refractivity contribution in [3.63, 3.8) is 0 Å². The summed E-state index contributed by atoms with van der Waals surface area (Å²) >= 11 is 0. The summed E-state index contributed by atoms with van der Waals surface area (Å²) in [7, 11) is 0. The van der Waals surface area contributed by atoms with Crippen LogP contribution in [-0.2, 0) is 13.0 Å². The Bertz CT molecular complexity index is 1020. The van der Waals surface area contributed by atoms with Crippen LogP contribution in [0.3, 0.4) is 0 Å². The van der Waals surface area contributed by atoms with E-state index in [1.165, 1.54) is 12.1 Å². The summed E-state index contributed by atoms with van der Waals surface area (Å²) in [5.74, 6) is 3.07. The maximum absolute atomic E-state index is 13.5. The minimum Gasteiger partial charge on any atom is -0.420 e. The molecule has 1 atom stereocenters. The fourth-order valence-electron chi connectivity index (χ4n) is 4.51. The first-order valence-electron chi connectivity index (χ1n) is 10.6. The number of hydrogen-bond donors (Lipinski definition) is 0. The predicted molar refractivity (Wildman–Crippen MR) is 107 cm³/mol. The summed E-state index contributed by atoms with van der Waals surface area (Å²) in [6.45, 7) is 6.98. The third kappa shape index (κ3) is 3.88. The summed E-state index contributed by atoms with van der Waals surface area (Å²) in [5, 5.41) is 12.5. The number of halogens is 1. The van der Waals surface area contributed by atoms with Crippen LogP contribution in [0, 0.1) is 17.2 Å². The summed E-state index contributed by atoms with van der Waals surface area (Å²) in [5.41, 5.74) is 0.870. The van der Waals surface area contributed by atoms with Gasteiger partial charge in [0.25, 0.3) is 0 Å². The normalized spacial score (nSPS) is 20.9. The van der Waals surface area contributed by atoms with Crippen molar-refractivity contribution in [2.24, 2.45) is 11.3 Å². The van der Waals surface area contributed by atoms with E-state index < -0.39 is 0 Å². The van der Waals surface area contributed by atoms with Crippen molar-refractivity contribution in [3.05, 3.63) is 47.7 Å².